The minimum absolute atomic E-state index is 0.00680. The first-order valence-electron chi connectivity index (χ1n) is 37.1. The molecule has 12 amide bonds. The van der Waals surface area contributed by atoms with Crippen LogP contribution in [0, 0.1) is 35.5 Å². The Bertz CT molecular complexity index is 3540. The number of nitrogens with zero attached hydrogens (tertiary/aromatic N) is 4. The van der Waals surface area contributed by atoms with Gasteiger partial charge in [-0.25, -0.2) is 10.9 Å². The van der Waals surface area contributed by atoms with E-state index in [0.29, 0.717) is 16.7 Å². The molecule has 7 heterocycles. The molecule has 0 spiro atoms. The van der Waals surface area contributed by atoms with Gasteiger partial charge in [-0.1, -0.05) is 101 Å². The Balaban J connectivity index is 1.01. The predicted octanol–water partition coefficient (Wildman–Crippen LogP) is -3.08. The maximum atomic E-state index is 15.6. The molecular formula is C73H107N15O18. The third-order valence-corrected chi connectivity index (χ3v) is 21.9. The van der Waals surface area contributed by atoms with E-state index in [2.05, 4.69) is 58.7 Å². The Labute approximate surface area is 615 Å². The van der Waals surface area contributed by atoms with E-state index in [9.17, 15) is 69.0 Å². The topological polar surface area (TPSA) is 472 Å². The molecule has 6 saturated heterocycles. The largest absolute Gasteiger partial charge is 0.392 e. The van der Waals surface area contributed by atoms with E-state index in [-0.39, 0.29) is 73.8 Å². The molecule has 0 unspecified atom stereocenters. The number of rotatable bonds is 11. The smallest absolute Gasteiger partial charge is 0.260 e. The van der Waals surface area contributed by atoms with Gasteiger partial charge in [-0.05, 0) is 109 Å². The lowest BCUT2D eigenvalue weighted by Crippen LogP contribution is -2.68. The van der Waals surface area contributed by atoms with Crippen LogP contribution in [-0.2, 0) is 75.2 Å². The molecule has 0 saturated carbocycles. The Hall–Kier alpha value is -8.44. The molecule has 33 heteroatoms. The Morgan fingerprint density at radius 3 is 1.22 bits per heavy atom. The summed E-state index contributed by atoms with van der Waals surface area (Å²) in [4.78, 5) is 181. The van der Waals surface area contributed by atoms with Crippen molar-refractivity contribution in [1.82, 2.24) is 73.2 Å². The summed E-state index contributed by atoms with van der Waals surface area (Å²) in [6, 6.07) is -9.20. The van der Waals surface area contributed by atoms with Crippen LogP contribution in [0.15, 0.2) is 36.4 Å². The fraction of sp³-hybridized carbons (Fsp3) is 0.671. The minimum Gasteiger partial charge on any atom is -0.392 e. The number of amides is 12. The standard InChI is InChI=1S/C73H107N15O18/c1-30(2)19-46-59(93)83-57(36(13)89)67(101)85-50(63(97)79-53(32(5)6)65(99)81-55(34(9)10)69(103)87-48(61(95)76-46)24-41(91)28-74-87)26-72(105)43-21-38(15-16-40(43)23-52(72)85)39-17-18-45-44(22-39)73(106)27-51-64(98)80-54(33(7)8)66(100)82-56(35(11)12)70(104)88-49(25-42(92)29-75-88)62(96)77-47(20-31(3)4)60(94)84-58(37(14)90)68(102)86(51)71(73)78-45/h15-18,21-22,30-37,41-42,46-58,71,74-75,78,89-92,105-106H,19-20,23-29H2,1-14H3,(H,76,95)(H,77,96)(H,79,97)(H,80,98)(H,81,99)(H,82,100)(H,83,93)(H,84,94)/t36-,37-,41+,42+,46-,47-,48+,49+,50-,51-,52+,53+,54+,55-,56-,57+,58+,71-,72+,73+/m0/s1. The monoisotopic (exact) mass is 1480 g/mol. The Kier molecular flexibility index (Phi) is 23.7. The van der Waals surface area contributed by atoms with Crippen molar-refractivity contribution in [2.24, 2.45) is 35.5 Å². The number of fused-ring (bicyclic) bond motifs is 12. The molecular weight excluding hydrogens is 1370 g/mol. The molecule has 10 rings (SSSR count). The number of anilines is 1. The summed E-state index contributed by atoms with van der Waals surface area (Å²) < 4.78 is 0. The first kappa shape index (κ1) is 80.1. The summed E-state index contributed by atoms with van der Waals surface area (Å²) >= 11 is 0. The van der Waals surface area contributed by atoms with Crippen molar-refractivity contribution in [2.75, 3.05) is 18.4 Å². The van der Waals surface area contributed by atoms with Gasteiger partial charge in [0, 0.05) is 50.0 Å². The highest BCUT2D eigenvalue weighted by Crippen LogP contribution is 2.53. The van der Waals surface area contributed by atoms with Crippen molar-refractivity contribution in [3.8, 4) is 11.1 Å². The zero-order valence-electron chi connectivity index (χ0n) is 62.6. The second-order valence-electron chi connectivity index (χ2n) is 32.4. The summed E-state index contributed by atoms with van der Waals surface area (Å²) in [6.07, 6.45) is -8.76. The number of hydrogen-bond acceptors (Lipinski definition) is 21. The molecule has 6 fully saturated rings. The summed E-state index contributed by atoms with van der Waals surface area (Å²) in [6.45, 7) is 22.5. The predicted molar refractivity (Wildman–Crippen MR) is 381 cm³/mol. The maximum absolute atomic E-state index is 15.6. The minimum atomic E-state index is -2.18. The summed E-state index contributed by atoms with van der Waals surface area (Å²) in [5, 5.41) is 98.6. The molecule has 0 bridgehead atoms. The van der Waals surface area contributed by atoms with Crippen LogP contribution in [-0.4, -0.2) is 244 Å². The van der Waals surface area contributed by atoms with Crippen molar-refractivity contribution in [3.63, 3.8) is 0 Å². The molecule has 8 aliphatic rings. The van der Waals surface area contributed by atoms with Crippen LogP contribution in [0.3, 0.4) is 0 Å². The van der Waals surface area contributed by atoms with E-state index < -0.39 is 228 Å². The fourth-order valence-corrected chi connectivity index (χ4v) is 16.2. The van der Waals surface area contributed by atoms with Gasteiger partial charge < -0.3 is 88.3 Å². The number of carbonyl (C=O) groups excluding carboxylic acids is 12. The second-order valence-corrected chi connectivity index (χ2v) is 32.4. The lowest BCUT2D eigenvalue weighted by molar-refractivity contribution is -0.154. The second kappa shape index (κ2) is 31.4. The third-order valence-electron chi connectivity index (χ3n) is 21.9. The first-order valence-corrected chi connectivity index (χ1v) is 37.1. The van der Waals surface area contributed by atoms with Crippen molar-refractivity contribution < 1.29 is 88.2 Å². The van der Waals surface area contributed by atoms with Gasteiger partial charge in [0.2, 0.25) is 59.1 Å². The number of β-amino-alcohol motifs (C(OH)–C–C–N with tert-alkyl or cyclic N) is 2. The SMILES string of the molecule is CC(C)C[C@@H]1NC(=O)[C@H]2C[C@@H](O)CNN2C(=O)[C@H](C(C)C)NC(=O)[C@@H](C(C)C)NC(=O)[C@@H]2C[C@@]3(O)c4cc(-c5ccc6c(c5)[C@]5(O)C[C@H]7C(=O)N[C@H](C(C)C)C(=O)N[C@@H](C(C)C)C(=O)N8NC[C@H](O)C[C@@H]8C(=O)N[C@@H](CC(C)C)C(=O)N[C@H]([C@H](C)O)C(=O)N7[C@@H]5N6)ccc4C[C@H]3N2C(=O)[C@@H]([C@H](C)O)NC1=O. The quantitative estimate of drug-likeness (QED) is 0.106. The van der Waals surface area contributed by atoms with Crippen LogP contribution >= 0.6 is 0 Å². The normalized spacial score (nSPS) is 33.8. The maximum Gasteiger partial charge on any atom is 0.260 e. The van der Waals surface area contributed by atoms with E-state index >= 15 is 19.2 Å². The van der Waals surface area contributed by atoms with Crippen LogP contribution in [0.4, 0.5) is 5.69 Å². The van der Waals surface area contributed by atoms with Gasteiger partial charge in [-0.15, -0.1) is 0 Å². The summed E-state index contributed by atoms with van der Waals surface area (Å²) in [5.74, 6) is -13.6. The van der Waals surface area contributed by atoms with Crippen LogP contribution in [0.25, 0.3) is 11.1 Å². The molecule has 17 N–H and O–H groups in total. The molecule has 0 aromatic heterocycles. The van der Waals surface area contributed by atoms with E-state index in [4.69, 9.17) is 0 Å². The van der Waals surface area contributed by atoms with Gasteiger partial charge >= 0.3 is 0 Å². The molecule has 582 valence electrons. The van der Waals surface area contributed by atoms with Gasteiger partial charge in [0.15, 0.2) is 0 Å². The van der Waals surface area contributed by atoms with E-state index in [1.807, 2.05) is 0 Å². The van der Waals surface area contributed by atoms with Gasteiger partial charge in [0.1, 0.15) is 89.9 Å². The van der Waals surface area contributed by atoms with E-state index in [0.717, 1.165) is 19.8 Å². The highest BCUT2D eigenvalue weighted by atomic mass is 16.3. The highest BCUT2D eigenvalue weighted by molar-refractivity contribution is 6.02. The zero-order chi connectivity index (χ0) is 77.9. The van der Waals surface area contributed by atoms with Crippen molar-refractivity contribution in [2.45, 2.75) is 262 Å². The lowest BCUT2D eigenvalue weighted by atomic mass is 9.86. The van der Waals surface area contributed by atoms with Crippen LogP contribution in [0.2, 0.25) is 0 Å². The molecule has 33 nitrogen and oxygen atoms in total. The average Bonchev–Trinajstić information content (AvgIpc) is 1.55. The van der Waals surface area contributed by atoms with Gasteiger partial charge in [-0.3, -0.25) is 67.6 Å². The number of benzene rings is 2. The van der Waals surface area contributed by atoms with Crippen LogP contribution < -0.4 is 58.7 Å². The molecule has 20 atom stereocenters. The van der Waals surface area contributed by atoms with Crippen LogP contribution in [0.5, 0.6) is 0 Å². The number of nitrogens with one attached hydrogen (secondary N) is 11. The fourth-order valence-electron chi connectivity index (χ4n) is 16.2. The molecule has 1 aliphatic carbocycles. The van der Waals surface area contributed by atoms with Crippen LogP contribution in [0.1, 0.15) is 152 Å². The van der Waals surface area contributed by atoms with Crippen molar-refractivity contribution in [3.05, 3.63) is 53.1 Å². The number of hydrogen-bond donors (Lipinski definition) is 17. The molecule has 2 aromatic carbocycles. The molecule has 0 radical (unpaired) electrons. The third kappa shape index (κ3) is 15.7. The molecule has 2 aromatic rings. The summed E-state index contributed by atoms with van der Waals surface area (Å²) in [7, 11) is 0. The van der Waals surface area contributed by atoms with Crippen molar-refractivity contribution in [1.29, 1.82) is 0 Å². The number of aliphatic hydroxyl groups excluding tert-OH is 4. The molecule has 106 heavy (non-hydrogen) atoms. The number of aliphatic hydroxyl groups is 6. The van der Waals surface area contributed by atoms with Crippen molar-refractivity contribution >= 4 is 76.6 Å². The van der Waals surface area contributed by atoms with E-state index in [1.54, 1.807) is 119 Å². The Morgan fingerprint density at radius 2 is 0.792 bits per heavy atom. The van der Waals surface area contributed by atoms with Gasteiger partial charge in [0.05, 0.1) is 30.5 Å². The summed E-state index contributed by atoms with van der Waals surface area (Å²) in [5.41, 5.74) is 3.42. The average molecular weight is 1480 g/mol. The van der Waals surface area contributed by atoms with E-state index in [1.165, 1.54) is 13.8 Å². The van der Waals surface area contributed by atoms with Gasteiger partial charge in [0.25, 0.3) is 11.8 Å². The van der Waals surface area contributed by atoms with Gasteiger partial charge in [-0.2, -0.15) is 0 Å². The lowest BCUT2D eigenvalue weighted by Gasteiger charge is -2.40. The number of hydrazine groups is 2. The first-order chi connectivity index (χ1) is 49.7. The zero-order valence-corrected chi connectivity index (χ0v) is 62.6. The molecule has 7 aliphatic heterocycles. The Morgan fingerprint density at radius 1 is 0.415 bits per heavy atom. The number of carbonyl (C=O) groups is 12. The highest BCUT2D eigenvalue weighted by Gasteiger charge is 2.64.